The van der Waals surface area contributed by atoms with Crippen molar-refractivity contribution in [3.8, 4) is 0 Å². The van der Waals surface area contributed by atoms with E-state index in [0.29, 0.717) is 11.8 Å². The van der Waals surface area contributed by atoms with Gasteiger partial charge in [0.05, 0.1) is 6.61 Å². The first-order valence-corrected chi connectivity index (χ1v) is 7.75. The second-order valence-electron chi connectivity index (χ2n) is 6.17. The van der Waals surface area contributed by atoms with E-state index < -0.39 is 0 Å². The van der Waals surface area contributed by atoms with Gasteiger partial charge in [-0.3, -0.25) is 0 Å². The van der Waals surface area contributed by atoms with Gasteiger partial charge in [0, 0.05) is 6.54 Å². The van der Waals surface area contributed by atoms with Crippen LogP contribution in [0, 0.1) is 19.8 Å². The lowest BCUT2D eigenvalue weighted by Crippen LogP contribution is -2.38. The SMILES string of the molecule is Cc1cc(C)cc(C(CN)C2CCN(CCO)CC2)c1. The molecule has 0 aliphatic carbocycles. The monoisotopic (exact) mass is 276 g/mol. The maximum Gasteiger partial charge on any atom is 0.0558 e. The van der Waals surface area contributed by atoms with Crippen molar-refractivity contribution in [3.05, 3.63) is 34.9 Å². The molecule has 0 radical (unpaired) electrons. The largest absolute Gasteiger partial charge is 0.395 e. The predicted octanol–water partition coefficient (Wildman–Crippen LogP) is 2.05. The summed E-state index contributed by atoms with van der Waals surface area (Å²) >= 11 is 0. The molecule has 1 atom stereocenters. The average Bonchev–Trinajstić information content (AvgIpc) is 2.41. The molecule has 1 fully saturated rings. The number of aliphatic hydroxyl groups is 1. The van der Waals surface area contributed by atoms with Crippen LogP contribution in [0.3, 0.4) is 0 Å². The van der Waals surface area contributed by atoms with E-state index in [1.807, 2.05) is 0 Å². The third-order valence-corrected chi connectivity index (χ3v) is 4.54. The quantitative estimate of drug-likeness (QED) is 0.865. The van der Waals surface area contributed by atoms with E-state index in [2.05, 4.69) is 36.9 Å². The molecule has 1 heterocycles. The molecule has 3 nitrogen and oxygen atoms in total. The number of benzene rings is 1. The normalized spacial score (nSPS) is 19.2. The second kappa shape index (κ2) is 7.21. The summed E-state index contributed by atoms with van der Waals surface area (Å²) in [6.45, 7) is 8.31. The third-order valence-electron chi connectivity index (χ3n) is 4.54. The fourth-order valence-electron chi connectivity index (χ4n) is 3.55. The molecule has 1 aromatic rings. The van der Waals surface area contributed by atoms with Crippen LogP contribution in [0.2, 0.25) is 0 Å². The van der Waals surface area contributed by atoms with Crippen molar-refractivity contribution in [2.75, 3.05) is 32.8 Å². The van der Waals surface area contributed by atoms with E-state index in [1.54, 1.807) is 0 Å². The second-order valence-corrected chi connectivity index (χ2v) is 6.17. The first-order chi connectivity index (χ1) is 9.63. The van der Waals surface area contributed by atoms with E-state index >= 15 is 0 Å². The van der Waals surface area contributed by atoms with Crippen molar-refractivity contribution in [2.24, 2.45) is 11.7 Å². The molecule has 1 aliphatic heterocycles. The first-order valence-electron chi connectivity index (χ1n) is 7.75. The molecular formula is C17H28N2O. The highest BCUT2D eigenvalue weighted by Crippen LogP contribution is 2.32. The molecule has 3 heteroatoms. The number of nitrogens with zero attached hydrogens (tertiary/aromatic N) is 1. The van der Waals surface area contributed by atoms with Crippen LogP contribution in [0.5, 0.6) is 0 Å². The van der Waals surface area contributed by atoms with Crippen LogP contribution >= 0.6 is 0 Å². The number of likely N-dealkylation sites (tertiary alicyclic amines) is 1. The zero-order valence-electron chi connectivity index (χ0n) is 12.8. The van der Waals surface area contributed by atoms with Crippen molar-refractivity contribution in [3.63, 3.8) is 0 Å². The van der Waals surface area contributed by atoms with Crippen molar-refractivity contribution in [1.82, 2.24) is 4.90 Å². The van der Waals surface area contributed by atoms with Crippen LogP contribution in [-0.2, 0) is 0 Å². The maximum atomic E-state index is 9.02. The zero-order chi connectivity index (χ0) is 14.5. The predicted molar refractivity (Wildman–Crippen MR) is 84.0 cm³/mol. The molecule has 0 spiro atoms. The smallest absolute Gasteiger partial charge is 0.0558 e. The number of hydrogen-bond acceptors (Lipinski definition) is 3. The zero-order valence-corrected chi connectivity index (χ0v) is 12.8. The molecule has 0 amide bonds. The van der Waals surface area contributed by atoms with Gasteiger partial charge in [-0.15, -0.1) is 0 Å². The Morgan fingerprint density at radius 1 is 1.20 bits per heavy atom. The van der Waals surface area contributed by atoms with Gasteiger partial charge in [0.1, 0.15) is 0 Å². The summed E-state index contributed by atoms with van der Waals surface area (Å²) in [5.74, 6) is 1.15. The molecule has 20 heavy (non-hydrogen) atoms. The Morgan fingerprint density at radius 2 is 1.80 bits per heavy atom. The van der Waals surface area contributed by atoms with Gasteiger partial charge in [-0.1, -0.05) is 29.3 Å². The van der Waals surface area contributed by atoms with Crippen molar-refractivity contribution < 1.29 is 5.11 Å². The Kier molecular flexibility index (Phi) is 5.58. The average molecular weight is 276 g/mol. The molecule has 2 rings (SSSR count). The van der Waals surface area contributed by atoms with Crippen LogP contribution in [0.1, 0.15) is 35.4 Å². The number of rotatable bonds is 5. The molecule has 0 aromatic heterocycles. The van der Waals surface area contributed by atoms with Crippen LogP contribution in [-0.4, -0.2) is 42.8 Å². The van der Waals surface area contributed by atoms with Gasteiger partial charge in [0.15, 0.2) is 0 Å². The lowest BCUT2D eigenvalue weighted by molar-refractivity contribution is 0.138. The summed E-state index contributed by atoms with van der Waals surface area (Å²) in [4.78, 5) is 2.35. The van der Waals surface area contributed by atoms with Crippen molar-refractivity contribution in [1.29, 1.82) is 0 Å². The van der Waals surface area contributed by atoms with E-state index in [9.17, 15) is 0 Å². The number of nitrogens with two attached hydrogens (primary N) is 1. The van der Waals surface area contributed by atoms with Gasteiger partial charge in [-0.2, -0.15) is 0 Å². The summed E-state index contributed by atoms with van der Waals surface area (Å²) in [5, 5.41) is 9.02. The molecular weight excluding hydrogens is 248 g/mol. The fourth-order valence-corrected chi connectivity index (χ4v) is 3.55. The van der Waals surface area contributed by atoms with Crippen LogP contribution in [0.4, 0.5) is 0 Å². The molecule has 0 saturated carbocycles. The lowest BCUT2D eigenvalue weighted by Gasteiger charge is -2.35. The van der Waals surface area contributed by atoms with Gasteiger partial charge >= 0.3 is 0 Å². The summed E-state index contributed by atoms with van der Waals surface area (Å²) < 4.78 is 0. The molecule has 1 aromatic carbocycles. The maximum absolute atomic E-state index is 9.02. The standard InChI is InChI=1S/C17H28N2O/c1-13-9-14(2)11-16(10-13)17(12-18)15-3-5-19(6-4-15)7-8-20/h9-11,15,17,20H,3-8,12,18H2,1-2H3. The molecule has 0 bridgehead atoms. The van der Waals surface area contributed by atoms with Gasteiger partial charge in [-0.25, -0.2) is 0 Å². The minimum atomic E-state index is 0.266. The Balaban J connectivity index is 2.05. The minimum Gasteiger partial charge on any atom is -0.395 e. The number of aliphatic hydroxyl groups excluding tert-OH is 1. The fraction of sp³-hybridized carbons (Fsp3) is 0.647. The Morgan fingerprint density at radius 3 is 2.30 bits per heavy atom. The van der Waals surface area contributed by atoms with E-state index in [-0.39, 0.29) is 6.61 Å². The van der Waals surface area contributed by atoms with E-state index in [1.165, 1.54) is 29.5 Å². The number of piperidine rings is 1. The van der Waals surface area contributed by atoms with Crippen molar-refractivity contribution >= 4 is 0 Å². The van der Waals surface area contributed by atoms with Crippen molar-refractivity contribution in [2.45, 2.75) is 32.6 Å². The Hall–Kier alpha value is -0.900. The van der Waals surface area contributed by atoms with Gasteiger partial charge in [-0.05, 0) is 63.7 Å². The molecule has 1 saturated heterocycles. The molecule has 1 unspecified atom stereocenters. The van der Waals surface area contributed by atoms with E-state index in [0.717, 1.165) is 26.2 Å². The topological polar surface area (TPSA) is 49.5 Å². The highest BCUT2D eigenvalue weighted by Gasteiger charge is 2.26. The summed E-state index contributed by atoms with van der Waals surface area (Å²) in [5.41, 5.74) is 10.1. The van der Waals surface area contributed by atoms with Crippen LogP contribution in [0.15, 0.2) is 18.2 Å². The highest BCUT2D eigenvalue weighted by molar-refractivity contribution is 5.31. The third kappa shape index (κ3) is 3.81. The molecule has 3 N–H and O–H groups in total. The van der Waals surface area contributed by atoms with Gasteiger partial charge in [0.2, 0.25) is 0 Å². The van der Waals surface area contributed by atoms with E-state index in [4.69, 9.17) is 10.8 Å². The number of aryl methyl sites for hydroxylation is 2. The summed E-state index contributed by atoms with van der Waals surface area (Å²) in [6, 6.07) is 6.82. The summed E-state index contributed by atoms with van der Waals surface area (Å²) in [7, 11) is 0. The molecule has 112 valence electrons. The first kappa shape index (κ1) is 15.5. The Bertz CT molecular complexity index is 405. The van der Waals surface area contributed by atoms with Crippen LogP contribution in [0.25, 0.3) is 0 Å². The highest BCUT2D eigenvalue weighted by atomic mass is 16.3. The van der Waals surface area contributed by atoms with Gasteiger partial charge in [0.25, 0.3) is 0 Å². The van der Waals surface area contributed by atoms with Crippen LogP contribution < -0.4 is 5.73 Å². The minimum absolute atomic E-state index is 0.266. The lowest BCUT2D eigenvalue weighted by atomic mass is 9.79. The Labute approximate surface area is 122 Å². The van der Waals surface area contributed by atoms with Gasteiger partial charge < -0.3 is 15.7 Å². The summed E-state index contributed by atoms with van der Waals surface area (Å²) in [6.07, 6.45) is 2.38. The number of hydrogen-bond donors (Lipinski definition) is 2. The number of β-amino-alcohol motifs (C(OH)–C–C–N with tert-alkyl or cyclic N) is 1. The molecule has 1 aliphatic rings.